The van der Waals surface area contributed by atoms with Crippen molar-refractivity contribution in [1.29, 1.82) is 0 Å². The van der Waals surface area contributed by atoms with Gasteiger partial charge in [-0.1, -0.05) is 54.1 Å². The number of rotatable bonds is 5. The van der Waals surface area contributed by atoms with E-state index in [4.69, 9.17) is 11.6 Å². The summed E-state index contributed by atoms with van der Waals surface area (Å²) in [5, 5.41) is 3.73. The average Bonchev–Trinajstić information content (AvgIpc) is 3.64. The molecule has 0 saturated heterocycles. The number of aryl methyl sites for hydroxylation is 2. The molecule has 1 aliphatic carbocycles. The summed E-state index contributed by atoms with van der Waals surface area (Å²) in [6.45, 7) is 3.94. The molecule has 1 unspecified atom stereocenters. The number of hydrogen-bond donors (Lipinski definition) is 1. The van der Waals surface area contributed by atoms with Crippen LogP contribution in [-0.2, 0) is 4.79 Å². The largest absolute Gasteiger partial charge is 0.322 e. The van der Waals surface area contributed by atoms with E-state index in [1.54, 1.807) is 4.90 Å². The Labute approximate surface area is 227 Å². The average molecular weight is 525 g/mol. The molecule has 0 spiro atoms. The van der Waals surface area contributed by atoms with E-state index < -0.39 is 0 Å². The van der Waals surface area contributed by atoms with Crippen molar-refractivity contribution in [2.75, 3.05) is 16.8 Å². The van der Waals surface area contributed by atoms with E-state index in [0.29, 0.717) is 5.02 Å². The zero-order valence-corrected chi connectivity index (χ0v) is 22.2. The van der Waals surface area contributed by atoms with E-state index >= 15 is 0 Å². The zero-order chi connectivity index (χ0) is 26.4. The second-order valence-electron chi connectivity index (χ2n) is 10.1. The molecule has 3 aromatic carbocycles. The molecule has 0 bridgehead atoms. The van der Waals surface area contributed by atoms with Gasteiger partial charge in [0.05, 0.1) is 17.1 Å². The van der Waals surface area contributed by atoms with Gasteiger partial charge in [-0.15, -0.1) is 0 Å². The van der Waals surface area contributed by atoms with Crippen LogP contribution in [-0.4, -0.2) is 34.0 Å². The molecule has 2 aliphatic rings. The summed E-state index contributed by atoms with van der Waals surface area (Å²) in [5.41, 5.74) is 6.47. The standard InChI is InChI=1S/C31H29ClN4O2/c1-20-7-5-8-21(2)29(20)33-31(38)35(24-16-17-24)19-28(37)36-26-10-4-3-9-25(26)34-18-6-11-27(34)30(36)22-12-14-23(32)15-13-22/h3-15,18,24,30H,16-17,19H2,1-2H3,(H,33,38). The van der Waals surface area contributed by atoms with Crippen molar-refractivity contribution in [2.45, 2.75) is 38.8 Å². The molecule has 3 amide bonds. The fourth-order valence-corrected chi connectivity index (χ4v) is 5.51. The van der Waals surface area contributed by atoms with Crippen molar-refractivity contribution in [3.05, 3.63) is 112 Å². The number of carbonyl (C=O) groups excluding carboxylic acids is 2. The van der Waals surface area contributed by atoms with Gasteiger partial charge in [-0.2, -0.15) is 0 Å². The van der Waals surface area contributed by atoms with Gasteiger partial charge >= 0.3 is 6.03 Å². The maximum absolute atomic E-state index is 14.2. The van der Waals surface area contributed by atoms with Gasteiger partial charge in [-0.3, -0.25) is 9.69 Å². The Morgan fingerprint density at radius 2 is 1.58 bits per heavy atom. The molecule has 2 heterocycles. The first-order valence-corrected chi connectivity index (χ1v) is 13.3. The van der Waals surface area contributed by atoms with Gasteiger partial charge in [0.1, 0.15) is 12.6 Å². The van der Waals surface area contributed by atoms with Crippen molar-refractivity contribution in [2.24, 2.45) is 0 Å². The highest BCUT2D eigenvalue weighted by atomic mass is 35.5. The van der Waals surface area contributed by atoms with Crippen LogP contribution in [0.15, 0.2) is 85.1 Å². The molecule has 1 aliphatic heterocycles. The van der Waals surface area contributed by atoms with Crippen LogP contribution in [0.3, 0.4) is 0 Å². The Bertz CT molecular complexity index is 1500. The molecule has 6 rings (SSSR count). The number of nitrogens with zero attached hydrogens (tertiary/aromatic N) is 3. The molecule has 38 heavy (non-hydrogen) atoms. The first-order valence-electron chi connectivity index (χ1n) is 12.9. The predicted octanol–water partition coefficient (Wildman–Crippen LogP) is 6.88. The predicted molar refractivity (Wildman–Crippen MR) is 151 cm³/mol. The van der Waals surface area contributed by atoms with Gasteiger partial charge < -0.3 is 14.8 Å². The molecule has 1 fully saturated rings. The lowest BCUT2D eigenvalue weighted by Crippen LogP contribution is -2.48. The first kappa shape index (κ1) is 24.3. The summed E-state index contributed by atoms with van der Waals surface area (Å²) in [6.07, 6.45) is 3.81. The van der Waals surface area contributed by atoms with E-state index in [0.717, 1.165) is 52.3 Å². The third-order valence-corrected chi connectivity index (χ3v) is 7.69. The quantitative estimate of drug-likeness (QED) is 0.309. The minimum absolute atomic E-state index is 0.0133. The summed E-state index contributed by atoms with van der Waals surface area (Å²) < 4.78 is 2.13. The second-order valence-corrected chi connectivity index (χ2v) is 10.5. The molecule has 0 radical (unpaired) electrons. The van der Waals surface area contributed by atoms with Crippen molar-refractivity contribution < 1.29 is 9.59 Å². The fourth-order valence-electron chi connectivity index (χ4n) is 5.39. The van der Waals surface area contributed by atoms with Crippen LogP contribution < -0.4 is 10.2 Å². The molecule has 1 aromatic heterocycles. The number of carbonyl (C=O) groups is 2. The molecule has 1 saturated carbocycles. The number of nitrogens with one attached hydrogen (secondary N) is 1. The van der Waals surface area contributed by atoms with Crippen molar-refractivity contribution in [3.8, 4) is 5.69 Å². The second kappa shape index (κ2) is 9.69. The normalized spacial score (nSPS) is 16.0. The first-order chi connectivity index (χ1) is 18.4. The Kier molecular flexibility index (Phi) is 6.20. The van der Waals surface area contributed by atoms with Crippen LogP contribution in [0.2, 0.25) is 5.02 Å². The Morgan fingerprint density at radius 1 is 0.895 bits per heavy atom. The van der Waals surface area contributed by atoms with E-state index in [1.807, 2.05) is 104 Å². The molecule has 1 N–H and O–H groups in total. The van der Waals surface area contributed by atoms with Gasteiger partial charge in [0, 0.05) is 22.9 Å². The molecule has 192 valence electrons. The van der Waals surface area contributed by atoms with Crippen LogP contribution in [0, 0.1) is 13.8 Å². The van der Waals surface area contributed by atoms with E-state index in [2.05, 4.69) is 9.88 Å². The van der Waals surface area contributed by atoms with E-state index in [-0.39, 0.29) is 30.6 Å². The van der Waals surface area contributed by atoms with Gasteiger partial charge in [-0.05, 0) is 79.8 Å². The number of hydrogen-bond acceptors (Lipinski definition) is 2. The molecule has 1 atom stereocenters. The highest BCUT2D eigenvalue weighted by Gasteiger charge is 2.40. The smallest absolute Gasteiger partial charge is 0.316 e. The third kappa shape index (κ3) is 4.35. The Morgan fingerprint density at radius 3 is 2.26 bits per heavy atom. The topological polar surface area (TPSA) is 57.6 Å². The van der Waals surface area contributed by atoms with Gasteiger partial charge in [0.2, 0.25) is 5.91 Å². The summed E-state index contributed by atoms with van der Waals surface area (Å²) in [7, 11) is 0. The Hall–Kier alpha value is -4.03. The lowest BCUT2D eigenvalue weighted by molar-refractivity contribution is -0.119. The number of para-hydroxylation sites is 3. The summed E-state index contributed by atoms with van der Waals surface area (Å²) in [4.78, 5) is 31.3. The van der Waals surface area contributed by atoms with Gasteiger partial charge in [0.15, 0.2) is 0 Å². The lowest BCUT2D eigenvalue weighted by Gasteiger charge is -2.39. The fraction of sp³-hybridized carbons (Fsp3) is 0.226. The lowest BCUT2D eigenvalue weighted by atomic mass is 9.97. The number of anilines is 2. The monoisotopic (exact) mass is 524 g/mol. The molecular weight excluding hydrogens is 496 g/mol. The zero-order valence-electron chi connectivity index (χ0n) is 21.4. The summed E-state index contributed by atoms with van der Waals surface area (Å²) >= 11 is 6.21. The molecular formula is C31H29ClN4O2. The van der Waals surface area contributed by atoms with Gasteiger partial charge in [-0.25, -0.2) is 4.79 Å². The van der Waals surface area contributed by atoms with Crippen LogP contribution in [0.25, 0.3) is 5.69 Å². The van der Waals surface area contributed by atoms with E-state index in [9.17, 15) is 9.59 Å². The maximum atomic E-state index is 14.2. The molecule has 7 heteroatoms. The van der Waals surface area contributed by atoms with Crippen molar-refractivity contribution >= 4 is 34.9 Å². The number of halogens is 1. The van der Waals surface area contributed by atoms with E-state index in [1.165, 1.54) is 0 Å². The van der Waals surface area contributed by atoms with Crippen molar-refractivity contribution in [1.82, 2.24) is 9.47 Å². The summed E-state index contributed by atoms with van der Waals surface area (Å²) in [6, 6.07) is 25.0. The molecule has 6 nitrogen and oxygen atoms in total. The summed E-state index contributed by atoms with van der Waals surface area (Å²) in [5.74, 6) is -0.131. The highest BCUT2D eigenvalue weighted by molar-refractivity contribution is 6.30. The van der Waals surface area contributed by atoms with Gasteiger partial charge in [0.25, 0.3) is 0 Å². The van der Waals surface area contributed by atoms with Crippen LogP contribution in [0.5, 0.6) is 0 Å². The SMILES string of the molecule is Cc1cccc(C)c1NC(=O)N(CC(=O)N1c2ccccc2-n2cccc2C1c1ccc(Cl)cc1)C1CC1. The highest BCUT2D eigenvalue weighted by Crippen LogP contribution is 2.42. The number of fused-ring (bicyclic) bond motifs is 3. The number of benzene rings is 3. The number of aromatic nitrogens is 1. The van der Waals surface area contributed by atoms with Crippen molar-refractivity contribution in [3.63, 3.8) is 0 Å². The number of amides is 3. The maximum Gasteiger partial charge on any atom is 0.322 e. The Balaban J connectivity index is 1.36. The van der Waals surface area contributed by atoms with Crippen LogP contribution in [0.1, 0.15) is 41.3 Å². The van der Waals surface area contributed by atoms with Crippen LogP contribution in [0.4, 0.5) is 16.2 Å². The minimum Gasteiger partial charge on any atom is -0.316 e. The minimum atomic E-state index is -0.354. The number of urea groups is 1. The molecule has 4 aromatic rings. The van der Waals surface area contributed by atoms with Crippen LogP contribution >= 0.6 is 11.6 Å². The third-order valence-electron chi connectivity index (χ3n) is 7.44.